The third-order valence-corrected chi connectivity index (χ3v) is 3.15. The molecule has 0 saturated carbocycles. The van der Waals surface area contributed by atoms with Crippen LogP contribution in [-0.4, -0.2) is 42.4 Å². The summed E-state index contributed by atoms with van der Waals surface area (Å²) in [6, 6.07) is 10.4. The average molecular weight is 235 g/mol. The van der Waals surface area contributed by atoms with Crippen LogP contribution in [0.2, 0.25) is 0 Å². The van der Waals surface area contributed by atoms with Gasteiger partial charge in [-0.2, -0.15) is 0 Å². The minimum Gasteiger partial charge on any atom is -0.395 e. The summed E-state index contributed by atoms with van der Waals surface area (Å²) in [5.41, 5.74) is 1.29. The van der Waals surface area contributed by atoms with Crippen LogP contribution in [0.5, 0.6) is 0 Å². The first kappa shape index (κ1) is 12.6. The normalized spacial score (nSPS) is 20.0. The van der Waals surface area contributed by atoms with E-state index in [-0.39, 0.29) is 6.61 Å². The molecule has 1 saturated heterocycles. The average Bonchev–Trinajstić information content (AvgIpc) is 2.83. The number of aliphatic hydroxyl groups excluding tert-OH is 1. The second-order valence-electron chi connectivity index (χ2n) is 4.58. The Kier molecular flexibility index (Phi) is 4.98. The highest BCUT2D eigenvalue weighted by atomic mass is 16.5. The molecule has 1 aliphatic rings. The Morgan fingerprint density at radius 2 is 2.12 bits per heavy atom. The van der Waals surface area contributed by atoms with E-state index < -0.39 is 0 Å². The molecule has 17 heavy (non-hydrogen) atoms. The van der Waals surface area contributed by atoms with Gasteiger partial charge in [-0.3, -0.25) is 4.90 Å². The minimum atomic E-state index is 0.208. The summed E-state index contributed by atoms with van der Waals surface area (Å²) in [5, 5.41) is 9.11. The Labute approximate surface area is 103 Å². The fourth-order valence-corrected chi connectivity index (χ4v) is 2.29. The zero-order valence-corrected chi connectivity index (χ0v) is 10.2. The predicted molar refractivity (Wildman–Crippen MR) is 67.8 cm³/mol. The summed E-state index contributed by atoms with van der Waals surface area (Å²) >= 11 is 0. The lowest BCUT2D eigenvalue weighted by Gasteiger charge is -2.24. The molecule has 2 rings (SSSR count). The van der Waals surface area contributed by atoms with Gasteiger partial charge in [-0.05, 0) is 18.4 Å². The van der Waals surface area contributed by atoms with Gasteiger partial charge in [0, 0.05) is 26.2 Å². The molecule has 1 atom stereocenters. The molecule has 1 unspecified atom stereocenters. The summed E-state index contributed by atoms with van der Waals surface area (Å²) in [7, 11) is 0. The lowest BCUT2D eigenvalue weighted by Crippen LogP contribution is -2.33. The number of hydrogen-bond donors (Lipinski definition) is 1. The maximum Gasteiger partial charge on any atom is 0.0702 e. The smallest absolute Gasteiger partial charge is 0.0702 e. The van der Waals surface area contributed by atoms with Gasteiger partial charge in [0.1, 0.15) is 0 Å². The number of benzene rings is 1. The molecule has 1 heterocycles. The molecule has 0 spiro atoms. The molecular formula is C14H21NO2. The Balaban J connectivity index is 1.87. The van der Waals surface area contributed by atoms with Crippen LogP contribution in [0.1, 0.15) is 18.4 Å². The predicted octanol–water partition coefficient (Wildman–Crippen LogP) is 1.66. The number of hydrogen-bond acceptors (Lipinski definition) is 3. The molecular weight excluding hydrogens is 214 g/mol. The van der Waals surface area contributed by atoms with Gasteiger partial charge < -0.3 is 9.84 Å². The zero-order valence-electron chi connectivity index (χ0n) is 10.2. The van der Waals surface area contributed by atoms with Gasteiger partial charge >= 0.3 is 0 Å². The largest absolute Gasteiger partial charge is 0.395 e. The van der Waals surface area contributed by atoms with Crippen LogP contribution in [0, 0.1) is 0 Å². The van der Waals surface area contributed by atoms with Crippen molar-refractivity contribution >= 4 is 0 Å². The van der Waals surface area contributed by atoms with Gasteiger partial charge in [0.15, 0.2) is 0 Å². The van der Waals surface area contributed by atoms with Crippen LogP contribution < -0.4 is 0 Å². The van der Waals surface area contributed by atoms with E-state index in [0.29, 0.717) is 6.10 Å². The van der Waals surface area contributed by atoms with E-state index in [1.165, 1.54) is 12.0 Å². The lowest BCUT2D eigenvalue weighted by atomic mass is 10.2. The van der Waals surface area contributed by atoms with Gasteiger partial charge in [-0.25, -0.2) is 0 Å². The molecule has 1 aliphatic heterocycles. The molecule has 1 aromatic carbocycles. The monoisotopic (exact) mass is 235 g/mol. The standard InChI is InChI=1S/C14H21NO2/c16-9-8-15(12-14-7-4-10-17-14)11-13-5-2-1-3-6-13/h1-3,5-6,14,16H,4,7-12H2. The van der Waals surface area contributed by atoms with E-state index in [1.807, 2.05) is 6.07 Å². The number of nitrogens with zero attached hydrogens (tertiary/aromatic N) is 1. The van der Waals surface area contributed by atoms with Crippen molar-refractivity contribution in [2.45, 2.75) is 25.5 Å². The van der Waals surface area contributed by atoms with E-state index in [2.05, 4.69) is 29.2 Å². The summed E-state index contributed by atoms with van der Waals surface area (Å²) < 4.78 is 5.64. The Morgan fingerprint density at radius 3 is 2.76 bits per heavy atom. The van der Waals surface area contributed by atoms with Gasteiger partial charge in [-0.1, -0.05) is 30.3 Å². The Morgan fingerprint density at radius 1 is 1.29 bits per heavy atom. The summed E-state index contributed by atoms with van der Waals surface area (Å²) in [5.74, 6) is 0. The Bertz CT molecular complexity index is 309. The van der Waals surface area contributed by atoms with Gasteiger partial charge in [0.05, 0.1) is 12.7 Å². The van der Waals surface area contributed by atoms with Crippen LogP contribution >= 0.6 is 0 Å². The summed E-state index contributed by atoms with van der Waals surface area (Å²) in [6.07, 6.45) is 2.67. The van der Waals surface area contributed by atoms with Gasteiger partial charge in [0.25, 0.3) is 0 Å². The molecule has 1 N–H and O–H groups in total. The van der Waals surface area contributed by atoms with Crippen molar-refractivity contribution in [3.05, 3.63) is 35.9 Å². The Hall–Kier alpha value is -0.900. The van der Waals surface area contributed by atoms with Crippen molar-refractivity contribution in [2.75, 3.05) is 26.3 Å². The molecule has 0 amide bonds. The van der Waals surface area contributed by atoms with Crippen LogP contribution in [0.25, 0.3) is 0 Å². The fraction of sp³-hybridized carbons (Fsp3) is 0.571. The molecule has 94 valence electrons. The topological polar surface area (TPSA) is 32.7 Å². The molecule has 0 aromatic heterocycles. The van der Waals surface area contributed by atoms with E-state index in [9.17, 15) is 0 Å². The van der Waals surface area contributed by atoms with Crippen LogP contribution in [-0.2, 0) is 11.3 Å². The third kappa shape index (κ3) is 4.11. The molecule has 0 bridgehead atoms. The second-order valence-corrected chi connectivity index (χ2v) is 4.58. The quantitative estimate of drug-likeness (QED) is 0.814. The molecule has 3 heteroatoms. The second kappa shape index (κ2) is 6.74. The molecule has 3 nitrogen and oxygen atoms in total. The number of rotatable bonds is 6. The minimum absolute atomic E-state index is 0.208. The van der Waals surface area contributed by atoms with Crippen molar-refractivity contribution in [3.8, 4) is 0 Å². The lowest BCUT2D eigenvalue weighted by molar-refractivity contribution is 0.0639. The molecule has 1 aromatic rings. The van der Waals surface area contributed by atoms with E-state index in [0.717, 1.165) is 32.7 Å². The molecule has 0 radical (unpaired) electrons. The van der Waals surface area contributed by atoms with E-state index >= 15 is 0 Å². The SMILES string of the molecule is OCCN(Cc1ccccc1)CC1CCCO1. The number of ether oxygens (including phenoxy) is 1. The highest BCUT2D eigenvalue weighted by molar-refractivity contribution is 5.14. The maximum absolute atomic E-state index is 9.11. The highest BCUT2D eigenvalue weighted by Gasteiger charge is 2.18. The fourth-order valence-electron chi connectivity index (χ4n) is 2.29. The van der Waals surface area contributed by atoms with Gasteiger partial charge in [0.2, 0.25) is 0 Å². The van der Waals surface area contributed by atoms with Crippen molar-refractivity contribution in [2.24, 2.45) is 0 Å². The molecule has 1 fully saturated rings. The summed E-state index contributed by atoms with van der Waals surface area (Å²) in [4.78, 5) is 2.27. The number of aliphatic hydroxyl groups is 1. The maximum atomic E-state index is 9.11. The van der Waals surface area contributed by atoms with E-state index in [4.69, 9.17) is 9.84 Å². The van der Waals surface area contributed by atoms with Crippen molar-refractivity contribution in [3.63, 3.8) is 0 Å². The van der Waals surface area contributed by atoms with Crippen LogP contribution in [0.15, 0.2) is 30.3 Å². The van der Waals surface area contributed by atoms with Crippen molar-refractivity contribution in [1.29, 1.82) is 0 Å². The van der Waals surface area contributed by atoms with Crippen molar-refractivity contribution in [1.82, 2.24) is 4.90 Å². The summed E-state index contributed by atoms with van der Waals surface area (Å²) in [6.45, 7) is 3.63. The van der Waals surface area contributed by atoms with Crippen molar-refractivity contribution < 1.29 is 9.84 Å². The van der Waals surface area contributed by atoms with Gasteiger partial charge in [-0.15, -0.1) is 0 Å². The third-order valence-electron chi connectivity index (χ3n) is 3.15. The van der Waals surface area contributed by atoms with E-state index in [1.54, 1.807) is 0 Å². The first-order chi connectivity index (χ1) is 8.38. The molecule has 0 aliphatic carbocycles. The first-order valence-electron chi connectivity index (χ1n) is 6.37. The first-order valence-corrected chi connectivity index (χ1v) is 6.37. The van der Waals surface area contributed by atoms with Crippen LogP contribution in [0.3, 0.4) is 0 Å². The van der Waals surface area contributed by atoms with Crippen LogP contribution in [0.4, 0.5) is 0 Å². The highest BCUT2D eigenvalue weighted by Crippen LogP contribution is 2.14. The zero-order chi connectivity index (χ0) is 11.9.